The number of amidine groups is 1. The van der Waals surface area contributed by atoms with E-state index in [4.69, 9.17) is 0 Å². The lowest BCUT2D eigenvalue weighted by molar-refractivity contribution is -0.0937. The standard InChI is InChI=1S/C11H20N2O3S/c1-3-12-10-13-11(2)7(17-10)4-6(5-14)8(15)9(11)16/h6-9,14-16H,3-5H2,1-2H3,(H,12,13)/t6-,7+,8-,9+,11-/m1/s1. The van der Waals surface area contributed by atoms with E-state index in [-0.39, 0.29) is 17.8 Å². The van der Waals surface area contributed by atoms with Crippen molar-refractivity contribution < 1.29 is 15.3 Å². The summed E-state index contributed by atoms with van der Waals surface area (Å²) in [5, 5.41) is 33.6. The number of nitrogens with zero attached hydrogens (tertiary/aromatic N) is 1. The van der Waals surface area contributed by atoms with Crippen molar-refractivity contribution in [3.05, 3.63) is 0 Å². The summed E-state index contributed by atoms with van der Waals surface area (Å²) in [5.74, 6) is -0.252. The second-order valence-electron chi connectivity index (χ2n) is 4.91. The van der Waals surface area contributed by atoms with Crippen molar-refractivity contribution in [2.75, 3.05) is 13.2 Å². The Bertz CT molecular complexity index is 326. The highest BCUT2D eigenvalue weighted by Gasteiger charge is 2.55. The van der Waals surface area contributed by atoms with E-state index >= 15 is 0 Å². The first kappa shape index (κ1) is 13.1. The van der Waals surface area contributed by atoms with Gasteiger partial charge in [0.15, 0.2) is 5.17 Å². The van der Waals surface area contributed by atoms with Crippen LogP contribution in [0.25, 0.3) is 0 Å². The van der Waals surface area contributed by atoms with Crippen LogP contribution >= 0.6 is 11.8 Å². The molecule has 1 saturated carbocycles. The van der Waals surface area contributed by atoms with Crippen LogP contribution in [0.5, 0.6) is 0 Å². The highest BCUT2D eigenvalue weighted by molar-refractivity contribution is 8.14. The fourth-order valence-electron chi connectivity index (χ4n) is 2.58. The van der Waals surface area contributed by atoms with Gasteiger partial charge in [0.05, 0.1) is 11.6 Å². The number of nitrogens with one attached hydrogen (secondary N) is 1. The zero-order valence-corrected chi connectivity index (χ0v) is 10.9. The summed E-state index contributed by atoms with van der Waals surface area (Å²) < 4.78 is 0. The molecular formula is C11H20N2O3S. The molecule has 0 aromatic carbocycles. The predicted octanol–water partition coefficient (Wildman–Crippen LogP) is -0.440. The minimum Gasteiger partial charge on any atom is -0.396 e. The number of aliphatic hydroxyl groups excluding tert-OH is 3. The molecule has 1 heterocycles. The summed E-state index contributed by atoms with van der Waals surface area (Å²) in [5.41, 5.74) is -0.552. The Morgan fingerprint density at radius 3 is 2.82 bits per heavy atom. The Labute approximate surface area is 105 Å². The van der Waals surface area contributed by atoms with E-state index in [9.17, 15) is 15.3 Å². The van der Waals surface area contributed by atoms with E-state index in [0.29, 0.717) is 13.0 Å². The second-order valence-corrected chi connectivity index (χ2v) is 6.10. The molecule has 6 heteroatoms. The fourth-order valence-corrected chi connectivity index (χ4v) is 4.12. The van der Waals surface area contributed by atoms with Crippen molar-refractivity contribution in [3.8, 4) is 0 Å². The van der Waals surface area contributed by atoms with Crippen molar-refractivity contribution in [1.82, 2.24) is 5.32 Å². The lowest BCUT2D eigenvalue weighted by atomic mass is 9.73. The maximum absolute atomic E-state index is 10.2. The molecule has 98 valence electrons. The van der Waals surface area contributed by atoms with Crippen molar-refractivity contribution >= 4 is 16.9 Å². The normalized spacial score (nSPS) is 47.9. The molecule has 0 bridgehead atoms. The Morgan fingerprint density at radius 2 is 2.24 bits per heavy atom. The molecule has 2 fully saturated rings. The second kappa shape index (κ2) is 4.76. The quantitative estimate of drug-likeness (QED) is 0.541. The molecule has 1 aliphatic carbocycles. The number of fused-ring (bicyclic) bond motifs is 1. The third-order valence-electron chi connectivity index (χ3n) is 3.77. The van der Waals surface area contributed by atoms with E-state index in [1.165, 1.54) is 0 Å². The molecule has 1 saturated heterocycles. The lowest BCUT2D eigenvalue weighted by Crippen LogP contribution is -2.64. The average molecular weight is 260 g/mol. The minimum absolute atomic E-state index is 0.0916. The van der Waals surface area contributed by atoms with Crippen LogP contribution in [0.4, 0.5) is 0 Å². The van der Waals surface area contributed by atoms with Crippen molar-refractivity contribution in [2.24, 2.45) is 10.9 Å². The van der Waals surface area contributed by atoms with Crippen LogP contribution in [0, 0.1) is 5.92 Å². The molecule has 17 heavy (non-hydrogen) atoms. The number of hydrogen-bond donors (Lipinski definition) is 4. The summed E-state index contributed by atoms with van der Waals surface area (Å²) in [7, 11) is 0. The monoisotopic (exact) mass is 260 g/mol. The van der Waals surface area contributed by atoms with Crippen LogP contribution in [-0.2, 0) is 0 Å². The molecule has 0 unspecified atom stereocenters. The largest absolute Gasteiger partial charge is 0.396 e. The topological polar surface area (TPSA) is 85.1 Å². The zero-order valence-electron chi connectivity index (χ0n) is 10.1. The van der Waals surface area contributed by atoms with E-state index in [1.807, 2.05) is 13.8 Å². The molecule has 1 aliphatic heterocycles. The van der Waals surface area contributed by atoms with E-state index in [2.05, 4.69) is 10.3 Å². The maximum atomic E-state index is 10.2. The molecule has 0 aromatic rings. The van der Waals surface area contributed by atoms with Gasteiger partial charge in [0.1, 0.15) is 6.10 Å². The molecule has 4 N–H and O–H groups in total. The Kier molecular flexibility index (Phi) is 3.68. The van der Waals surface area contributed by atoms with Crippen molar-refractivity contribution in [3.63, 3.8) is 0 Å². The van der Waals surface area contributed by atoms with Gasteiger partial charge >= 0.3 is 0 Å². The van der Waals surface area contributed by atoms with E-state index in [1.54, 1.807) is 11.8 Å². The van der Waals surface area contributed by atoms with Crippen LogP contribution in [0.1, 0.15) is 20.3 Å². The summed E-state index contributed by atoms with van der Waals surface area (Å²) in [4.78, 5) is 4.32. The summed E-state index contributed by atoms with van der Waals surface area (Å²) >= 11 is 1.60. The number of hydrogen-bond acceptors (Lipinski definition) is 5. The number of aliphatic imine (C=N–C) groups is 1. The highest BCUT2D eigenvalue weighted by Crippen LogP contribution is 2.44. The molecule has 5 atom stereocenters. The first-order valence-corrected chi connectivity index (χ1v) is 6.87. The fraction of sp³-hybridized carbons (Fsp3) is 0.909. The van der Waals surface area contributed by atoms with Crippen LogP contribution in [-0.4, -0.2) is 56.6 Å². The number of aliphatic hydroxyl groups is 3. The van der Waals surface area contributed by atoms with Gasteiger partial charge in [0, 0.05) is 24.3 Å². The SMILES string of the molecule is CCN=C1N[C@]2(C)[C@H](C[C@H](CO)[C@@H](O)[C@@H]2O)S1. The van der Waals surface area contributed by atoms with Gasteiger partial charge in [-0.05, 0) is 20.3 Å². The average Bonchev–Trinajstić information content (AvgIpc) is 2.62. The van der Waals surface area contributed by atoms with Gasteiger partial charge in [-0.3, -0.25) is 4.99 Å². The number of thioether (sulfide) groups is 1. The summed E-state index contributed by atoms with van der Waals surface area (Å²) in [6, 6.07) is 0. The predicted molar refractivity (Wildman–Crippen MR) is 68.1 cm³/mol. The maximum Gasteiger partial charge on any atom is 0.157 e. The first-order valence-electron chi connectivity index (χ1n) is 5.99. The molecule has 2 aliphatic rings. The van der Waals surface area contributed by atoms with Gasteiger partial charge in [-0.15, -0.1) is 0 Å². The van der Waals surface area contributed by atoms with E-state index in [0.717, 1.165) is 5.17 Å². The van der Waals surface area contributed by atoms with E-state index < -0.39 is 17.7 Å². The molecule has 0 aromatic heterocycles. The minimum atomic E-state index is -0.879. The van der Waals surface area contributed by atoms with Gasteiger partial charge in [0.25, 0.3) is 0 Å². The van der Waals surface area contributed by atoms with Gasteiger partial charge in [0.2, 0.25) is 0 Å². The molecule has 0 amide bonds. The van der Waals surface area contributed by atoms with Gasteiger partial charge < -0.3 is 20.6 Å². The summed E-state index contributed by atoms with van der Waals surface area (Å²) in [6.45, 7) is 4.47. The molecule has 2 rings (SSSR count). The molecule has 0 spiro atoms. The molecule has 5 nitrogen and oxygen atoms in total. The van der Waals surface area contributed by atoms with Gasteiger partial charge in [-0.25, -0.2) is 0 Å². The van der Waals surface area contributed by atoms with Gasteiger partial charge in [-0.2, -0.15) is 0 Å². The zero-order chi connectivity index (χ0) is 12.6. The number of rotatable bonds is 2. The summed E-state index contributed by atoms with van der Waals surface area (Å²) in [6.07, 6.45) is -1.07. The van der Waals surface area contributed by atoms with Crippen molar-refractivity contribution in [2.45, 2.75) is 43.3 Å². The smallest absolute Gasteiger partial charge is 0.157 e. The third-order valence-corrected chi connectivity index (χ3v) is 5.19. The lowest BCUT2D eigenvalue weighted by Gasteiger charge is -2.45. The third kappa shape index (κ3) is 2.07. The van der Waals surface area contributed by atoms with Crippen LogP contribution < -0.4 is 5.32 Å². The Hall–Kier alpha value is -0.300. The highest BCUT2D eigenvalue weighted by atomic mass is 32.2. The van der Waals surface area contributed by atoms with Gasteiger partial charge in [-0.1, -0.05) is 11.8 Å². The Balaban J connectivity index is 2.22. The van der Waals surface area contributed by atoms with Crippen LogP contribution in [0.2, 0.25) is 0 Å². The Morgan fingerprint density at radius 1 is 1.53 bits per heavy atom. The molecular weight excluding hydrogens is 240 g/mol. The van der Waals surface area contributed by atoms with Crippen molar-refractivity contribution in [1.29, 1.82) is 0 Å². The first-order chi connectivity index (χ1) is 8.02. The van der Waals surface area contributed by atoms with Crippen LogP contribution in [0.3, 0.4) is 0 Å². The van der Waals surface area contributed by atoms with Crippen LogP contribution in [0.15, 0.2) is 4.99 Å². The molecule has 0 radical (unpaired) electrons.